The quantitative estimate of drug-likeness (QED) is 0.639. The minimum atomic E-state index is -0.500. The van der Waals surface area contributed by atoms with Gasteiger partial charge in [0.1, 0.15) is 11.5 Å². The van der Waals surface area contributed by atoms with Gasteiger partial charge in [-0.1, -0.05) is 23.8 Å². The maximum atomic E-state index is 12.2. The van der Waals surface area contributed by atoms with Gasteiger partial charge >= 0.3 is 5.97 Å². The van der Waals surface area contributed by atoms with Crippen molar-refractivity contribution in [1.82, 2.24) is 0 Å². The van der Waals surface area contributed by atoms with Gasteiger partial charge in [0.05, 0.1) is 19.8 Å². The highest BCUT2D eigenvalue weighted by atomic mass is 16.6. The number of ether oxygens (including phenoxy) is 3. The Hall–Kier alpha value is -3.08. The number of benzene rings is 2. The first kappa shape index (κ1) is 15.8. The van der Waals surface area contributed by atoms with Crippen molar-refractivity contribution in [2.45, 2.75) is 6.92 Å². The number of carbonyl (C=O) groups is 1. The summed E-state index contributed by atoms with van der Waals surface area (Å²) in [5.74, 6) is 0.995. The molecule has 5 nitrogen and oxygen atoms in total. The molecular formula is C19H17NO4. The predicted molar refractivity (Wildman–Crippen MR) is 91.3 cm³/mol. The summed E-state index contributed by atoms with van der Waals surface area (Å²) in [6.07, 6.45) is 1.66. The molecule has 0 N–H and O–H groups in total. The number of rotatable bonds is 4. The molecule has 0 saturated heterocycles. The Balaban J connectivity index is 2.02. The van der Waals surface area contributed by atoms with Crippen molar-refractivity contribution in [2.75, 3.05) is 14.2 Å². The van der Waals surface area contributed by atoms with Gasteiger partial charge in [-0.15, -0.1) is 0 Å². The molecule has 0 saturated carbocycles. The van der Waals surface area contributed by atoms with Crippen LogP contribution in [0.1, 0.15) is 16.7 Å². The van der Waals surface area contributed by atoms with Gasteiger partial charge in [0.15, 0.2) is 5.70 Å². The molecule has 3 rings (SSSR count). The Morgan fingerprint density at radius 2 is 1.79 bits per heavy atom. The lowest BCUT2D eigenvalue weighted by Crippen LogP contribution is -2.06. The third kappa shape index (κ3) is 3.01. The lowest BCUT2D eigenvalue weighted by atomic mass is 10.1. The number of nitrogens with zero attached hydrogens (tertiary/aromatic N) is 1. The predicted octanol–water partition coefficient (Wildman–Crippen LogP) is 3.36. The topological polar surface area (TPSA) is 57.1 Å². The van der Waals surface area contributed by atoms with E-state index in [4.69, 9.17) is 14.2 Å². The molecule has 0 unspecified atom stereocenters. The number of hydrogen-bond donors (Lipinski definition) is 0. The molecule has 122 valence electrons. The lowest BCUT2D eigenvalue weighted by Gasteiger charge is -2.05. The van der Waals surface area contributed by atoms with Crippen LogP contribution in [0.15, 0.2) is 53.2 Å². The van der Waals surface area contributed by atoms with Crippen molar-refractivity contribution in [3.05, 3.63) is 64.9 Å². The zero-order valence-electron chi connectivity index (χ0n) is 13.7. The van der Waals surface area contributed by atoms with Crippen LogP contribution in [0.2, 0.25) is 0 Å². The van der Waals surface area contributed by atoms with E-state index in [0.717, 1.165) is 11.1 Å². The van der Waals surface area contributed by atoms with Crippen LogP contribution in [-0.4, -0.2) is 26.1 Å². The van der Waals surface area contributed by atoms with E-state index in [1.54, 1.807) is 32.4 Å². The minimum Gasteiger partial charge on any atom is -0.496 e. The standard InChI is InChI=1S/C19H17NO4/c1-12-8-9-16(22-2)13(10-12)11-15-19(21)24-18(20-15)14-6-4-5-7-17(14)23-3/h4-11H,1-3H3/b15-11+. The Kier molecular flexibility index (Phi) is 4.33. The third-order valence-electron chi connectivity index (χ3n) is 3.64. The second-order valence-corrected chi connectivity index (χ2v) is 5.28. The van der Waals surface area contributed by atoms with Crippen LogP contribution in [0.4, 0.5) is 0 Å². The van der Waals surface area contributed by atoms with Gasteiger partial charge in [0.25, 0.3) is 0 Å². The Labute approximate surface area is 140 Å². The van der Waals surface area contributed by atoms with Crippen LogP contribution in [0.5, 0.6) is 11.5 Å². The molecule has 0 bridgehead atoms. The molecule has 5 heteroatoms. The van der Waals surface area contributed by atoms with E-state index in [9.17, 15) is 4.79 Å². The van der Waals surface area contributed by atoms with Crippen LogP contribution in [-0.2, 0) is 9.53 Å². The zero-order chi connectivity index (χ0) is 17.1. The number of hydrogen-bond acceptors (Lipinski definition) is 5. The second-order valence-electron chi connectivity index (χ2n) is 5.28. The highest BCUT2D eigenvalue weighted by Gasteiger charge is 2.26. The molecule has 1 aliphatic heterocycles. The molecule has 1 heterocycles. The molecular weight excluding hydrogens is 306 g/mol. The van der Waals surface area contributed by atoms with E-state index in [1.165, 1.54) is 0 Å². The first-order valence-electron chi connectivity index (χ1n) is 7.43. The number of aryl methyl sites for hydroxylation is 1. The van der Waals surface area contributed by atoms with E-state index in [0.29, 0.717) is 17.1 Å². The molecule has 0 fully saturated rings. The van der Waals surface area contributed by atoms with Crippen molar-refractivity contribution in [2.24, 2.45) is 4.99 Å². The smallest absolute Gasteiger partial charge is 0.363 e. The molecule has 24 heavy (non-hydrogen) atoms. The fourth-order valence-corrected chi connectivity index (χ4v) is 2.46. The molecule has 0 atom stereocenters. The average Bonchev–Trinajstić information content (AvgIpc) is 2.95. The van der Waals surface area contributed by atoms with Crippen molar-refractivity contribution < 1.29 is 19.0 Å². The van der Waals surface area contributed by atoms with E-state index in [2.05, 4.69) is 4.99 Å². The van der Waals surface area contributed by atoms with Crippen LogP contribution < -0.4 is 9.47 Å². The molecule has 0 spiro atoms. The molecule has 0 aliphatic carbocycles. The maximum Gasteiger partial charge on any atom is 0.363 e. The van der Waals surface area contributed by atoms with Gasteiger partial charge in [-0.2, -0.15) is 0 Å². The fourth-order valence-electron chi connectivity index (χ4n) is 2.46. The molecule has 0 aromatic heterocycles. The zero-order valence-corrected chi connectivity index (χ0v) is 13.7. The molecule has 0 radical (unpaired) electrons. The SMILES string of the molecule is COc1ccc(C)cc1/C=C1/N=C(c2ccccc2OC)OC1=O. The summed E-state index contributed by atoms with van der Waals surface area (Å²) in [6, 6.07) is 13.0. The van der Waals surface area contributed by atoms with Crippen molar-refractivity contribution in [3.63, 3.8) is 0 Å². The van der Waals surface area contributed by atoms with Crippen LogP contribution in [0, 0.1) is 6.92 Å². The number of para-hydroxylation sites is 1. The summed E-state index contributed by atoms with van der Waals surface area (Å²) in [6.45, 7) is 1.97. The number of esters is 1. The van der Waals surface area contributed by atoms with Crippen LogP contribution in [0.3, 0.4) is 0 Å². The van der Waals surface area contributed by atoms with E-state index >= 15 is 0 Å². The van der Waals surface area contributed by atoms with Gasteiger partial charge in [0, 0.05) is 5.56 Å². The van der Waals surface area contributed by atoms with Crippen molar-refractivity contribution in [1.29, 1.82) is 0 Å². The monoisotopic (exact) mass is 323 g/mol. The van der Waals surface area contributed by atoms with Gasteiger partial charge < -0.3 is 14.2 Å². The lowest BCUT2D eigenvalue weighted by molar-refractivity contribution is -0.129. The van der Waals surface area contributed by atoms with Crippen LogP contribution in [0.25, 0.3) is 6.08 Å². The Bertz CT molecular complexity index is 852. The Morgan fingerprint density at radius 3 is 2.54 bits per heavy atom. The largest absolute Gasteiger partial charge is 0.496 e. The summed E-state index contributed by atoms with van der Waals surface area (Å²) < 4.78 is 15.9. The number of aliphatic imine (C=N–C) groups is 1. The highest BCUT2D eigenvalue weighted by molar-refractivity contribution is 6.13. The van der Waals surface area contributed by atoms with E-state index in [-0.39, 0.29) is 11.6 Å². The summed E-state index contributed by atoms with van der Waals surface area (Å²) in [4.78, 5) is 16.5. The van der Waals surface area contributed by atoms with E-state index < -0.39 is 5.97 Å². The van der Waals surface area contributed by atoms with Gasteiger partial charge in [-0.25, -0.2) is 9.79 Å². The first-order chi connectivity index (χ1) is 11.6. The first-order valence-corrected chi connectivity index (χ1v) is 7.43. The van der Waals surface area contributed by atoms with Gasteiger partial charge in [-0.05, 0) is 37.3 Å². The maximum absolute atomic E-state index is 12.2. The number of carbonyl (C=O) groups excluding carboxylic acids is 1. The summed E-state index contributed by atoms with van der Waals surface area (Å²) in [5, 5.41) is 0. The number of methoxy groups -OCH3 is 2. The fraction of sp³-hybridized carbons (Fsp3) is 0.158. The molecule has 0 amide bonds. The molecule has 2 aromatic carbocycles. The normalized spacial score (nSPS) is 15.2. The van der Waals surface area contributed by atoms with Gasteiger partial charge in [0.2, 0.25) is 5.90 Å². The van der Waals surface area contributed by atoms with Crippen molar-refractivity contribution in [3.8, 4) is 11.5 Å². The van der Waals surface area contributed by atoms with Crippen LogP contribution >= 0.6 is 0 Å². The average molecular weight is 323 g/mol. The minimum absolute atomic E-state index is 0.222. The third-order valence-corrected chi connectivity index (χ3v) is 3.64. The molecule has 2 aromatic rings. The number of cyclic esters (lactones) is 1. The summed E-state index contributed by atoms with van der Waals surface area (Å²) in [7, 11) is 3.15. The summed E-state index contributed by atoms with van der Waals surface area (Å²) in [5.41, 5.74) is 2.69. The highest BCUT2D eigenvalue weighted by Crippen LogP contribution is 2.27. The van der Waals surface area contributed by atoms with Gasteiger partial charge in [-0.3, -0.25) is 0 Å². The Morgan fingerprint density at radius 1 is 1.04 bits per heavy atom. The van der Waals surface area contributed by atoms with Crippen molar-refractivity contribution >= 4 is 17.9 Å². The second kappa shape index (κ2) is 6.58. The van der Waals surface area contributed by atoms with E-state index in [1.807, 2.05) is 37.3 Å². The molecule has 1 aliphatic rings. The summed E-state index contributed by atoms with van der Waals surface area (Å²) >= 11 is 0.